The van der Waals surface area contributed by atoms with Crippen LogP contribution in [-0.4, -0.2) is 43.6 Å². The molecule has 1 fully saturated rings. The molecule has 2 atom stereocenters. The molecular formula is C15H24FN3O3S. The maximum absolute atomic E-state index is 13.3. The summed E-state index contributed by atoms with van der Waals surface area (Å²) < 4.78 is 31.4. The Balaban J connectivity index is 2.06. The van der Waals surface area contributed by atoms with Crippen molar-refractivity contribution >= 4 is 22.7 Å². The van der Waals surface area contributed by atoms with Gasteiger partial charge in [0.25, 0.3) is 0 Å². The molecular weight excluding hydrogens is 321 g/mol. The normalized spacial score (nSPS) is 21.4. The molecule has 1 amide bonds. The Labute approximate surface area is 138 Å². The smallest absolute Gasteiger partial charge is 0.245 e. The highest BCUT2D eigenvalue weighted by Gasteiger charge is 2.41. The first-order valence-corrected chi connectivity index (χ1v) is 8.72. The van der Waals surface area contributed by atoms with Gasteiger partial charge in [-0.25, -0.2) is 12.9 Å². The van der Waals surface area contributed by atoms with Gasteiger partial charge in [0.15, 0.2) is 5.82 Å². The fourth-order valence-corrected chi connectivity index (χ4v) is 3.62. The number of aromatic nitrogens is 1. The van der Waals surface area contributed by atoms with Crippen LogP contribution in [0.1, 0.15) is 46.8 Å². The standard InChI is InChI=1S/C15H24FN3O3S/c1-14(2,3)11-8-12(18-22-11)17-13(20)15(4,5)23(21)19-7-6-10(16)9-19/h8,10H,6-7,9H2,1-5H3,(H,17,18,20)/t10-,23?/m1/s1. The van der Waals surface area contributed by atoms with E-state index in [1.165, 1.54) is 4.31 Å². The van der Waals surface area contributed by atoms with Crippen LogP contribution in [0.5, 0.6) is 0 Å². The highest BCUT2D eigenvalue weighted by molar-refractivity contribution is 7.85. The number of nitrogens with one attached hydrogen (secondary N) is 1. The fraction of sp³-hybridized carbons (Fsp3) is 0.733. The van der Waals surface area contributed by atoms with Crippen LogP contribution in [0.3, 0.4) is 0 Å². The number of carbonyl (C=O) groups is 1. The summed E-state index contributed by atoms with van der Waals surface area (Å²) in [4.78, 5) is 12.5. The lowest BCUT2D eigenvalue weighted by atomic mass is 9.93. The van der Waals surface area contributed by atoms with Crippen LogP contribution in [0.2, 0.25) is 0 Å². The van der Waals surface area contributed by atoms with Crippen molar-refractivity contribution in [1.82, 2.24) is 9.46 Å². The Morgan fingerprint density at radius 1 is 1.43 bits per heavy atom. The molecule has 2 rings (SSSR count). The zero-order valence-corrected chi connectivity index (χ0v) is 15.0. The predicted octanol–water partition coefficient (Wildman–Crippen LogP) is 2.40. The van der Waals surface area contributed by atoms with Crippen LogP contribution >= 0.6 is 0 Å². The molecule has 0 radical (unpaired) electrons. The molecule has 0 saturated carbocycles. The molecule has 0 aromatic carbocycles. The third-order valence-electron chi connectivity index (χ3n) is 3.80. The van der Waals surface area contributed by atoms with Crippen LogP contribution in [0.25, 0.3) is 0 Å². The van der Waals surface area contributed by atoms with Crippen molar-refractivity contribution in [3.8, 4) is 0 Å². The fourth-order valence-electron chi connectivity index (χ4n) is 2.19. The first-order valence-electron chi connectivity index (χ1n) is 7.61. The van der Waals surface area contributed by atoms with E-state index in [0.717, 1.165) is 0 Å². The summed E-state index contributed by atoms with van der Waals surface area (Å²) in [5.74, 6) is 0.494. The van der Waals surface area contributed by atoms with Crippen LogP contribution < -0.4 is 5.32 Å². The first-order chi connectivity index (χ1) is 10.5. The molecule has 8 heteroatoms. The van der Waals surface area contributed by atoms with E-state index < -0.39 is 27.8 Å². The summed E-state index contributed by atoms with van der Waals surface area (Å²) in [6, 6.07) is 1.66. The summed E-state index contributed by atoms with van der Waals surface area (Å²) in [6.45, 7) is 9.56. The van der Waals surface area contributed by atoms with Crippen LogP contribution in [0.15, 0.2) is 10.6 Å². The van der Waals surface area contributed by atoms with E-state index in [1.807, 2.05) is 20.8 Å². The highest BCUT2D eigenvalue weighted by atomic mass is 32.2. The monoisotopic (exact) mass is 345 g/mol. The van der Waals surface area contributed by atoms with Crippen molar-refractivity contribution in [1.29, 1.82) is 0 Å². The molecule has 0 bridgehead atoms. The lowest BCUT2D eigenvalue weighted by Gasteiger charge is -2.27. The van der Waals surface area contributed by atoms with E-state index in [1.54, 1.807) is 19.9 Å². The molecule has 1 unspecified atom stereocenters. The van der Waals surface area contributed by atoms with E-state index in [4.69, 9.17) is 4.52 Å². The van der Waals surface area contributed by atoms with Crippen molar-refractivity contribution in [2.45, 2.75) is 57.4 Å². The number of hydrogen-bond acceptors (Lipinski definition) is 4. The topological polar surface area (TPSA) is 75.4 Å². The highest BCUT2D eigenvalue weighted by Crippen LogP contribution is 2.27. The molecule has 2 heterocycles. The Hall–Kier alpha value is -1.28. The molecule has 1 aromatic heterocycles. The second-order valence-corrected chi connectivity index (χ2v) is 9.35. The summed E-state index contributed by atoms with van der Waals surface area (Å²) in [6.07, 6.45) is -0.635. The van der Waals surface area contributed by atoms with E-state index >= 15 is 0 Å². The van der Waals surface area contributed by atoms with Gasteiger partial charge in [-0.15, -0.1) is 0 Å². The van der Waals surface area contributed by atoms with E-state index in [2.05, 4.69) is 10.5 Å². The number of rotatable bonds is 4. The molecule has 1 aromatic rings. The van der Waals surface area contributed by atoms with E-state index in [0.29, 0.717) is 18.7 Å². The molecule has 1 saturated heterocycles. The maximum atomic E-state index is 13.3. The van der Waals surface area contributed by atoms with Crippen molar-refractivity contribution in [3.63, 3.8) is 0 Å². The molecule has 1 N–H and O–H groups in total. The molecule has 0 aliphatic carbocycles. The second kappa shape index (κ2) is 6.32. The number of alkyl halides is 1. The van der Waals surface area contributed by atoms with Gasteiger partial charge in [-0.1, -0.05) is 25.9 Å². The quantitative estimate of drug-likeness (QED) is 0.909. The molecule has 6 nitrogen and oxygen atoms in total. The Kier molecular flexibility index (Phi) is 4.96. The van der Waals surface area contributed by atoms with Crippen LogP contribution in [-0.2, 0) is 21.2 Å². The molecule has 1 aliphatic heterocycles. The predicted molar refractivity (Wildman–Crippen MR) is 87.1 cm³/mol. The average Bonchev–Trinajstić information content (AvgIpc) is 3.06. The van der Waals surface area contributed by atoms with Gasteiger partial charge in [0.2, 0.25) is 5.91 Å². The molecule has 0 spiro atoms. The molecule has 23 heavy (non-hydrogen) atoms. The number of anilines is 1. The Morgan fingerprint density at radius 2 is 2.09 bits per heavy atom. The first kappa shape index (κ1) is 18.1. The second-order valence-electron chi connectivity index (χ2n) is 7.31. The number of hydrogen-bond donors (Lipinski definition) is 1. The van der Waals surface area contributed by atoms with Crippen molar-refractivity contribution in [2.75, 3.05) is 18.4 Å². The summed E-state index contributed by atoms with van der Waals surface area (Å²) >= 11 is 0. The Morgan fingerprint density at radius 3 is 2.57 bits per heavy atom. The number of carbonyl (C=O) groups excluding carboxylic acids is 1. The number of nitrogens with zero attached hydrogens (tertiary/aromatic N) is 2. The summed E-state index contributed by atoms with van der Waals surface area (Å²) in [5, 5.41) is 6.46. The van der Waals surface area contributed by atoms with Crippen LogP contribution in [0, 0.1) is 0 Å². The maximum Gasteiger partial charge on any atom is 0.245 e. The molecule has 1 aliphatic rings. The van der Waals surface area contributed by atoms with Crippen molar-refractivity contribution in [2.24, 2.45) is 0 Å². The van der Waals surface area contributed by atoms with Gasteiger partial charge in [0.1, 0.15) is 27.7 Å². The SMILES string of the molecule is CC(C)(C)c1cc(NC(=O)C(C)(C)S(=O)N2CC[C@@H](F)C2)no1. The average molecular weight is 345 g/mol. The Bertz CT molecular complexity index is 609. The zero-order valence-electron chi connectivity index (χ0n) is 14.2. The number of amides is 1. The summed E-state index contributed by atoms with van der Waals surface area (Å²) in [5.41, 5.74) is -0.222. The minimum Gasteiger partial charge on any atom is -0.359 e. The minimum absolute atomic E-state index is 0.0987. The summed E-state index contributed by atoms with van der Waals surface area (Å²) in [7, 11) is -1.62. The van der Waals surface area contributed by atoms with Gasteiger partial charge >= 0.3 is 0 Å². The zero-order chi connectivity index (χ0) is 17.4. The third kappa shape index (κ3) is 3.98. The molecule has 130 valence electrons. The van der Waals surface area contributed by atoms with Gasteiger partial charge in [0.05, 0.1) is 0 Å². The van der Waals surface area contributed by atoms with E-state index in [9.17, 15) is 13.4 Å². The van der Waals surface area contributed by atoms with Gasteiger partial charge in [-0.05, 0) is 20.3 Å². The van der Waals surface area contributed by atoms with E-state index in [-0.39, 0.29) is 17.8 Å². The largest absolute Gasteiger partial charge is 0.359 e. The van der Waals surface area contributed by atoms with Gasteiger partial charge in [-0.2, -0.15) is 0 Å². The number of halogens is 1. The van der Waals surface area contributed by atoms with Crippen molar-refractivity contribution < 1.29 is 17.9 Å². The lowest BCUT2D eigenvalue weighted by Crippen LogP contribution is -2.47. The minimum atomic E-state index is -1.62. The van der Waals surface area contributed by atoms with Gasteiger partial charge in [-0.3, -0.25) is 4.79 Å². The van der Waals surface area contributed by atoms with Crippen molar-refractivity contribution in [3.05, 3.63) is 11.8 Å². The lowest BCUT2D eigenvalue weighted by molar-refractivity contribution is -0.117. The van der Waals surface area contributed by atoms with Gasteiger partial charge < -0.3 is 9.84 Å². The van der Waals surface area contributed by atoms with Crippen LogP contribution in [0.4, 0.5) is 10.2 Å². The third-order valence-corrected chi connectivity index (χ3v) is 5.66. The van der Waals surface area contributed by atoms with Gasteiger partial charge in [0, 0.05) is 24.6 Å².